The standard InChI is InChI=1S/C16H15Cl2O3P.Li.H/c1-3-21-13-6-4-5-7-14(13)22-16(19)15-11(17)8-10(20-2)9-12(15)18;;/h4-9,22H,3H2,1-2H3;;. The van der Waals surface area contributed by atoms with E-state index in [9.17, 15) is 4.79 Å². The molecule has 3 nitrogen and oxygen atoms in total. The SMILES string of the molecule is CCOc1ccccc1PC(=O)c1c(Cl)cc(OC)cc1Cl.[LiH]. The molecule has 0 saturated carbocycles. The number of para-hydroxylation sites is 1. The van der Waals surface area contributed by atoms with Crippen LogP contribution in [0, 0.1) is 0 Å². The molecule has 0 bridgehead atoms. The minimum atomic E-state index is -0.134. The zero-order valence-electron chi connectivity index (χ0n) is 12.2. The van der Waals surface area contributed by atoms with Crippen molar-refractivity contribution in [1.29, 1.82) is 0 Å². The molecule has 7 heteroatoms. The van der Waals surface area contributed by atoms with Gasteiger partial charge in [-0.1, -0.05) is 41.4 Å². The van der Waals surface area contributed by atoms with Gasteiger partial charge in [0.15, 0.2) is 5.52 Å². The Labute approximate surface area is 159 Å². The molecule has 2 aromatic carbocycles. The van der Waals surface area contributed by atoms with E-state index in [1.807, 2.05) is 31.2 Å². The zero-order chi connectivity index (χ0) is 16.1. The van der Waals surface area contributed by atoms with Crippen molar-refractivity contribution in [3.63, 3.8) is 0 Å². The van der Waals surface area contributed by atoms with E-state index in [2.05, 4.69) is 0 Å². The van der Waals surface area contributed by atoms with E-state index < -0.39 is 0 Å². The molecule has 1 atom stereocenters. The van der Waals surface area contributed by atoms with E-state index in [4.69, 9.17) is 32.7 Å². The van der Waals surface area contributed by atoms with Gasteiger partial charge in [0.05, 0.1) is 29.3 Å². The Morgan fingerprint density at radius 2 is 1.78 bits per heavy atom. The van der Waals surface area contributed by atoms with E-state index in [0.717, 1.165) is 5.30 Å². The van der Waals surface area contributed by atoms with Crippen LogP contribution in [-0.2, 0) is 0 Å². The number of methoxy groups -OCH3 is 1. The molecule has 23 heavy (non-hydrogen) atoms. The Morgan fingerprint density at radius 3 is 2.35 bits per heavy atom. The summed E-state index contributed by atoms with van der Waals surface area (Å²) in [4.78, 5) is 12.6. The van der Waals surface area contributed by atoms with Gasteiger partial charge in [-0.15, -0.1) is 0 Å². The molecule has 0 amide bonds. The summed E-state index contributed by atoms with van der Waals surface area (Å²) in [5.41, 5.74) is 0.179. The van der Waals surface area contributed by atoms with Crippen LogP contribution < -0.4 is 14.8 Å². The van der Waals surface area contributed by atoms with Crippen LogP contribution in [0.2, 0.25) is 10.0 Å². The second-order valence-corrected chi connectivity index (χ2v) is 6.41. The van der Waals surface area contributed by atoms with Gasteiger partial charge >= 0.3 is 18.9 Å². The summed E-state index contributed by atoms with van der Waals surface area (Å²) in [5, 5.41) is 1.41. The van der Waals surface area contributed by atoms with Crippen molar-refractivity contribution in [1.82, 2.24) is 0 Å². The second kappa shape index (κ2) is 9.57. The third kappa shape index (κ3) is 5.15. The van der Waals surface area contributed by atoms with Crippen molar-refractivity contribution in [3.05, 3.63) is 52.0 Å². The van der Waals surface area contributed by atoms with Crippen molar-refractivity contribution in [3.8, 4) is 11.5 Å². The number of ether oxygens (including phenoxy) is 2. The Kier molecular flexibility index (Phi) is 8.48. The predicted octanol–water partition coefficient (Wildman–Crippen LogP) is 3.90. The Morgan fingerprint density at radius 1 is 1.17 bits per heavy atom. The number of carbonyl (C=O) groups excluding carboxylic acids is 1. The van der Waals surface area contributed by atoms with Crippen LogP contribution in [0.3, 0.4) is 0 Å². The van der Waals surface area contributed by atoms with Crippen LogP contribution in [0.15, 0.2) is 36.4 Å². The molecular formula is C16H16Cl2LiO3P. The zero-order valence-corrected chi connectivity index (χ0v) is 14.7. The Bertz CT molecular complexity index is 672. The average molecular weight is 365 g/mol. The van der Waals surface area contributed by atoms with Crippen LogP contribution in [-0.4, -0.2) is 38.1 Å². The van der Waals surface area contributed by atoms with Gasteiger partial charge in [0.1, 0.15) is 11.5 Å². The summed E-state index contributed by atoms with van der Waals surface area (Å²) >= 11 is 12.3. The number of hydrogen-bond donors (Lipinski definition) is 0. The first-order chi connectivity index (χ1) is 10.6. The van der Waals surface area contributed by atoms with Crippen LogP contribution in [0.25, 0.3) is 0 Å². The van der Waals surface area contributed by atoms with Crippen molar-refractivity contribution in [2.75, 3.05) is 13.7 Å². The van der Waals surface area contributed by atoms with Crippen molar-refractivity contribution >= 4 is 61.5 Å². The molecule has 0 radical (unpaired) electrons. The van der Waals surface area contributed by atoms with E-state index >= 15 is 0 Å². The third-order valence-electron chi connectivity index (χ3n) is 2.91. The summed E-state index contributed by atoms with van der Waals surface area (Å²) in [6.45, 7) is 2.44. The number of halogens is 2. The maximum atomic E-state index is 12.6. The van der Waals surface area contributed by atoms with Crippen LogP contribution >= 0.6 is 31.8 Å². The fourth-order valence-corrected chi connectivity index (χ4v) is 3.82. The van der Waals surface area contributed by atoms with E-state index in [0.29, 0.717) is 23.7 Å². The normalized spacial score (nSPS) is 10.4. The number of carbonyl (C=O) groups is 1. The first-order valence-corrected chi connectivity index (χ1v) is 8.38. The van der Waals surface area contributed by atoms with Crippen LogP contribution in [0.5, 0.6) is 11.5 Å². The van der Waals surface area contributed by atoms with Gasteiger partial charge in [-0.3, -0.25) is 4.79 Å². The molecule has 0 heterocycles. The molecule has 1 unspecified atom stereocenters. The summed E-state index contributed by atoms with van der Waals surface area (Å²) in [5.74, 6) is 1.22. The van der Waals surface area contributed by atoms with E-state index in [1.54, 1.807) is 12.1 Å². The molecule has 0 spiro atoms. The van der Waals surface area contributed by atoms with Crippen molar-refractivity contribution in [2.45, 2.75) is 6.92 Å². The van der Waals surface area contributed by atoms with Gasteiger partial charge < -0.3 is 9.47 Å². The summed E-state index contributed by atoms with van der Waals surface area (Å²) in [7, 11) is 1.40. The summed E-state index contributed by atoms with van der Waals surface area (Å²) in [6, 6.07) is 10.6. The number of hydrogen-bond acceptors (Lipinski definition) is 3. The van der Waals surface area contributed by atoms with Gasteiger partial charge in [0, 0.05) is 5.30 Å². The molecule has 2 rings (SSSR count). The van der Waals surface area contributed by atoms with Gasteiger partial charge in [-0.25, -0.2) is 0 Å². The Hall–Kier alpha value is -0.683. The quantitative estimate of drug-likeness (QED) is 0.576. The molecule has 0 aliphatic heterocycles. The topological polar surface area (TPSA) is 35.5 Å². The predicted molar refractivity (Wildman–Crippen MR) is 100 cm³/mol. The third-order valence-corrected chi connectivity index (χ3v) is 4.67. The number of benzene rings is 2. The fraction of sp³-hybridized carbons (Fsp3) is 0.188. The molecule has 118 valence electrons. The monoisotopic (exact) mass is 364 g/mol. The molecule has 0 aliphatic rings. The van der Waals surface area contributed by atoms with Gasteiger partial charge in [-0.2, -0.15) is 0 Å². The molecule has 0 saturated heterocycles. The molecule has 0 aromatic heterocycles. The number of rotatable bonds is 6. The molecule has 2 aromatic rings. The van der Waals surface area contributed by atoms with Crippen LogP contribution in [0.1, 0.15) is 17.3 Å². The van der Waals surface area contributed by atoms with Gasteiger partial charge in [-0.05, 0) is 33.7 Å². The summed E-state index contributed by atoms with van der Waals surface area (Å²) in [6.07, 6.45) is 0. The van der Waals surface area contributed by atoms with E-state index in [-0.39, 0.29) is 43.0 Å². The van der Waals surface area contributed by atoms with Crippen molar-refractivity contribution in [2.24, 2.45) is 0 Å². The van der Waals surface area contributed by atoms with Gasteiger partial charge in [0.2, 0.25) is 0 Å². The molecule has 0 N–H and O–H groups in total. The van der Waals surface area contributed by atoms with Crippen molar-refractivity contribution < 1.29 is 14.3 Å². The minimum absolute atomic E-state index is 0. The van der Waals surface area contributed by atoms with E-state index in [1.165, 1.54) is 7.11 Å². The maximum absolute atomic E-state index is 12.6. The molecule has 0 aliphatic carbocycles. The molecule has 0 fully saturated rings. The average Bonchev–Trinajstić information content (AvgIpc) is 2.48. The first-order valence-electron chi connectivity index (χ1n) is 6.63. The van der Waals surface area contributed by atoms with Gasteiger partial charge in [0.25, 0.3) is 0 Å². The second-order valence-electron chi connectivity index (χ2n) is 4.35. The molecular weight excluding hydrogens is 349 g/mol. The summed E-state index contributed by atoms with van der Waals surface area (Å²) < 4.78 is 10.6. The Balaban J connectivity index is 0.00000264. The fourth-order valence-electron chi connectivity index (χ4n) is 1.92. The first kappa shape index (κ1) is 20.4. The van der Waals surface area contributed by atoms with Crippen LogP contribution in [0.4, 0.5) is 0 Å².